The van der Waals surface area contributed by atoms with E-state index < -0.39 is 10.0 Å². The van der Waals surface area contributed by atoms with Crippen molar-refractivity contribution in [1.29, 1.82) is 0 Å². The van der Waals surface area contributed by atoms with Crippen LogP contribution in [0.4, 0.5) is 0 Å². The molecule has 5 nitrogen and oxygen atoms in total. The second-order valence-electron chi connectivity index (χ2n) is 5.30. The summed E-state index contributed by atoms with van der Waals surface area (Å²) >= 11 is 0. The van der Waals surface area contributed by atoms with Gasteiger partial charge in [-0.25, -0.2) is 8.42 Å². The molecule has 2 unspecified atom stereocenters. The summed E-state index contributed by atoms with van der Waals surface area (Å²) in [6, 6.07) is 0.215. The maximum absolute atomic E-state index is 12.6. The van der Waals surface area contributed by atoms with Gasteiger partial charge in [-0.2, -0.15) is 9.40 Å². The summed E-state index contributed by atoms with van der Waals surface area (Å²) in [6.07, 6.45) is 9.65. The molecule has 2 atom stereocenters. The van der Waals surface area contributed by atoms with E-state index in [0.29, 0.717) is 17.4 Å². The molecule has 6 heteroatoms. The van der Waals surface area contributed by atoms with Gasteiger partial charge in [0.25, 0.3) is 0 Å². The largest absolute Gasteiger partial charge is 0.284 e. The number of nitrogens with one attached hydrogen (secondary N) is 1. The van der Waals surface area contributed by atoms with Crippen molar-refractivity contribution in [3.05, 3.63) is 12.4 Å². The second kappa shape index (κ2) is 4.66. The SMILES string of the molecule is O=S(=O)(c1cn[nH]c1)N1CCCC2CCCCC21. The lowest BCUT2D eigenvalue weighted by molar-refractivity contribution is 0.129. The van der Waals surface area contributed by atoms with Crippen LogP contribution in [0.1, 0.15) is 38.5 Å². The zero-order chi connectivity index (χ0) is 12.6. The molecule has 3 rings (SSSR count). The number of piperidine rings is 1. The number of fused-ring (bicyclic) bond motifs is 1. The van der Waals surface area contributed by atoms with Crippen molar-refractivity contribution in [2.45, 2.75) is 49.5 Å². The second-order valence-corrected chi connectivity index (χ2v) is 7.19. The van der Waals surface area contributed by atoms with Gasteiger partial charge < -0.3 is 0 Å². The van der Waals surface area contributed by atoms with Crippen LogP contribution in [0.2, 0.25) is 0 Å². The molecule has 1 saturated heterocycles. The molecule has 1 aliphatic carbocycles. The Balaban J connectivity index is 1.90. The van der Waals surface area contributed by atoms with Crippen LogP contribution in [-0.4, -0.2) is 35.5 Å². The lowest BCUT2D eigenvalue weighted by Crippen LogP contribution is -2.49. The molecule has 0 radical (unpaired) electrons. The Morgan fingerprint density at radius 3 is 2.78 bits per heavy atom. The Bertz CT molecular complexity index is 495. The Hall–Kier alpha value is -0.880. The lowest BCUT2D eigenvalue weighted by atomic mass is 9.79. The molecular weight excluding hydrogens is 250 g/mol. The average molecular weight is 269 g/mol. The molecule has 0 aromatic carbocycles. The predicted molar refractivity (Wildman–Crippen MR) is 67.5 cm³/mol. The molecule has 1 aliphatic heterocycles. The third kappa shape index (κ3) is 1.97. The van der Waals surface area contributed by atoms with Gasteiger partial charge in [-0.1, -0.05) is 12.8 Å². The van der Waals surface area contributed by atoms with E-state index in [2.05, 4.69) is 10.2 Å². The third-order valence-corrected chi connectivity index (χ3v) is 6.16. The minimum absolute atomic E-state index is 0.215. The van der Waals surface area contributed by atoms with Gasteiger partial charge in [0.2, 0.25) is 10.0 Å². The fourth-order valence-electron chi connectivity index (χ4n) is 3.39. The van der Waals surface area contributed by atoms with E-state index in [1.165, 1.54) is 31.7 Å². The van der Waals surface area contributed by atoms with Gasteiger partial charge >= 0.3 is 0 Å². The molecule has 2 heterocycles. The summed E-state index contributed by atoms with van der Waals surface area (Å²) in [4.78, 5) is 0.300. The molecule has 18 heavy (non-hydrogen) atoms. The van der Waals surface area contributed by atoms with Gasteiger partial charge in [-0.05, 0) is 31.6 Å². The molecule has 1 N–H and O–H groups in total. The van der Waals surface area contributed by atoms with Crippen LogP contribution < -0.4 is 0 Å². The monoisotopic (exact) mass is 269 g/mol. The van der Waals surface area contributed by atoms with Gasteiger partial charge in [-0.3, -0.25) is 5.10 Å². The zero-order valence-electron chi connectivity index (χ0n) is 10.4. The standard InChI is InChI=1S/C12H19N3O2S/c16-18(17,11-8-13-14-9-11)15-7-3-5-10-4-1-2-6-12(10)15/h8-10,12H,1-7H2,(H,13,14). The topological polar surface area (TPSA) is 66.1 Å². The number of nitrogens with zero attached hydrogens (tertiary/aromatic N) is 2. The molecule has 1 aromatic heterocycles. The van der Waals surface area contributed by atoms with Crippen molar-refractivity contribution in [3.8, 4) is 0 Å². The quantitative estimate of drug-likeness (QED) is 0.889. The Morgan fingerprint density at radius 1 is 1.22 bits per heavy atom. The van der Waals surface area contributed by atoms with Crippen molar-refractivity contribution in [2.75, 3.05) is 6.54 Å². The van der Waals surface area contributed by atoms with E-state index in [-0.39, 0.29) is 6.04 Å². The third-order valence-electron chi connectivity index (χ3n) is 4.27. The molecule has 2 aliphatic rings. The van der Waals surface area contributed by atoms with Gasteiger partial charge in [0.15, 0.2) is 0 Å². The molecule has 100 valence electrons. The summed E-state index contributed by atoms with van der Waals surface area (Å²) < 4.78 is 26.9. The number of sulfonamides is 1. The van der Waals surface area contributed by atoms with Gasteiger partial charge in [0.05, 0.1) is 6.20 Å². The minimum Gasteiger partial charge on any atom is -0.284 e. The highest BCUT2D eigenvalue weighted by Gasteiger charge is 2.40. The summed E-state index contributed by atoms with van der Waals surface area (Å²) in [6.45, 7) is 0.661. The summed E-state index contributed by atoms with van der Waals surface area (Å²) in [7, 11) is -3.35. The minimum atomic E-state index is -3.35. The molecule has 0 amide bonds. The Labute approximate surface area is 108 Å². The highest BCUT2D eigenvalue weighted by molar-refractivity contribution is 7.89. The van der Waals surface area contributed by atoms with Crippen LogP contribution >= 0.6 is 0 Å². The van der Waals surface area contributed by atoms with Crippen LogP contribution in [0.25, 0.3) is 0 Å². The van der Waals surface area contributed by atoms with Crippen molar-refractivity contribution in [3.63, 3.8) is 0 Å². The van der Waals surface area contributed by atoms with Crippen LogP contribution in [0.15, 0.2) is 17.3 Å². The summed E-state index contributed by atoms with van der Waals surface area (Å²) in [5, 5.41) is 6.35. The molecule has 1 aromatic rings. The first kappa shape index (κ1) is 12.2. The maximum atomic E-state index is 12.6. The first-order valence-electron chi connectivity index (χ1n) is 6.70. The molecule has 0 bridgehead atoms. The first-order valence-corrected chi connectivity index (χ1v) is 8.14. The number of aromatic amines is 1. The highest BCUT2D eigenvalue weighted by Crippen LogP contribution is 2.37. The van der Waals surface area contributed by atoms with E-state index >= 15 is 0 Å². The number of aromatic nitrogens is 2. The zero-order valence-corrected chi connectivity index (χ0v) is 11.2. The number of rotatable bonds is 2. The Kier molecular flexibility index (Phi) is 3.15. The highest BCUT2D eigenvalue weighted by atomic mass is 32.2. The molecule has 0 spiro atoms. The van der Waals surface area contributed by atoms with Gasteiger partial charge in [0.1, 0.15) is 4.90 Å². The van der Waals surface area contributed by atoms with Gasteiger partial charge in [-0.15, -0.1) is 0 Å². The van der Waals surface area contributed by atoms with Crippen molar-refractivity contribution in [2.24, 2.45) is 5.92 Å². The summed E-state index contributed by atoms with van der Waals surface area (Å²) in [5.74, 6) is 0.564. The van der Waals surface area contributed by atoms with Crippen molar-refractivity contribution in [1.82, 2.24) is 14.5 Å². The maximum Gasteiger partial charge on any atom is 0.246 e. The van der Waals surface area contributed by atoms with E-state index in [4.69, 9.17) is 0 Å². The van der Waals surface area contributed by atoms with Crippen molar-refractivity contribution >= 4 is 10.0 Å². The van der Waals surface area contributed by atoms with E-state index in [0.717, 1.165) is 19.3 Å². The molecular formula is C12H19N3O2S. The summed E-state index contributed by atoms with van der Waals surface area (Å²) in [5.41, 5.74) is 0. The van der Waals surface area contributed by atoms with Crippen LogP contribution in [0.3, 0.4) is 0 Å². The van der Waals surface area contributed by atoms with Crippen molar-refractivity contribution < 1.29 is 8.42 Å². The van der Waals surface area contributed by atoms with Crippen LogP contribution in [0.5, 0.6) is 0 Å². The lowest BCUT2D eigenvalue weighted by Gasteiger charge is -2.42. The molecule has 1 saturated carbocycles. The first-order chi connectivity index (χ1) is 8.69. The number of hydrogen-bond donors (Lipinski definition) is 1. The number of hydrogen-bond acceptors (Lipinski definition) is 3. The van der Waals surface area contributed by atoms with Gasteiger partial charge in [0, 0.05) is 18.8 Å². The smallest absolute Gasteiger partial charge is 0.246 e. The Morgan fingerprint density at radius 2 is 2.00 bits per heavy atom. The number of H-pyrrole nitrogens is 1. The fraction of sp³-hybridized carbons (Fsp3) is 0.750. The van der Waals surface area contributed by atoms with Crippen LogP contribution in [0, 0.1) is 5.92 Å². The normalized spacial score (nSPS) is 30.0. The average Bonchev–Trinajstić information content (AvgIpc) is 2.92. The van der Waals surface area contributed by atoms with Crippen LogP contribution in [-0.2, 0) is 10.0 Å². The van der Waals surface area contributed by atoms with E-state index in [9.17, 15) is 8.42 Å². The molecule has 2 fully saturated rings. The predicted octanol–water partition coefficient (Wildman–Crippen LogP) is 1.75. The van der Waals surface area contributed by atoms with E-state index in [1.807, 2.05) is 0 Å². The van der Waals surface area contributed by atoms with E-state index in [1.54, 1.807) is 4.31 Å². The fourth-order valence-corrected chi connectivity index (χ4v) is 5.05.